The van der Waals surface area contributed by atoms with Gasteiger partial charge in [0.05, 0.1) is 20.4 Å². The first-order valence-corrected chi connectivity index (χ1v) is 10.7. The van der Waals surface area contributed by atoms with Gasteiger partial charge in [-0.3, -0.25) is 9.59 Å². The first-order chi connectivity index (χ1) is 16.5. The van der Waals surface area contributed by atoms with Crippen LogP contribution in [-0.4, -0.2) is 32.2 Å². The minimum atomic E-state index is -0.547. The highest BCUT2D eigenvalue weighted by Crippen LogP contribution is 2.29. The van der Waals surface area contributed by atoms with Gasteiger partial charge in [0.25, 0.3) is 0 Å². The summed E-state index contributed by atoms with van der Waals surface area (Å²) in [6.07, 6.45) is 1.07. The molecule has 34 heavy (non-hydrogen) atoms. The van der Waals surface area contributed by atoms with Crippen molar-refractivity contribution < 1.29 is 23.8 Å². The zero-order valence-electron chi connectivity index (χ0n) is 18.7. The molecule has 0 saturated carbocycles. The van der Waals surface area contributed by atoms with Crippen LogP contribution < -0.4 is 25.0 Å². The number of nitrogens with one attached hydrogen (secondary N) is 2. The number of rotatable bonds is 10. The van der Waals surface area contributed by atoms with Crippen molar-refractivity contribution in [2.24, 2.45) is 5.10 Å². The number of carbonyl (C=O) groups excluding carboxylic acids is 2. The third kappa shape index (κ3) is 7.25. The van der Waals surface area contributed by atoms with Crippen LogP contribution in [-0.2, 0) is 16.2 Å². The summed E-state index contributed by atoms with van der Waals surface area (Å²) in [7, 11) is 3.08. The summed E-state index contributed by atoms with van der Waals surface area (Å²) in [6.45, 7) is 0.290. The minimum absolute atomic E-state index is 0.290. The molecule has 0 aromatic heterocycles. The molecule has 0 bridgehead atoms. The average Bonchev–Trinajstić information content (AvgIpc) is 2.84. The third-order valence-electron chi connectivity index (χ3n) is 4.63. The summed E-state index contributed by atoms with van der Waals surface area (Å²) in [6, 6.07) is 19.4. The molecule has 0 spiro atoms. The molecule has 8 nitrogen and oxygen atoms in total. The predicted octanol–water partition coefficient (Wildman–Crippen LogP) is 4.42. The number of hydrazone groups is 1. The van der Waals surface area contributed by atoms with E-state index in [9.17, 15) is 9.59 Å². The number of amides is 2. The van der Waals surface area contributed by atoms with E-state index in [1.807, 2.05) is 18.2 Å². The van der Waals surface area contributed by atoms with E-state index in [4.69, 9.17) is 25.8 Å². The molecule has 0 unspecified atom stereocenters. The Balaban J connectivity index is 1.50. The van der Waals surface area contributed by atoms with Crippen LogP contribution in [0.3, 0.4) is 0 Å². The van der Waals surface area contributed by atoms with E-state index in [2.05, 4.69) is 15.8 Å². The van der Waals surface area contributed by atoms with Gasteiger partial charge in [-0.1, -0.05) is 29.8 Å². The number of ether oxygens (including phenoxy) is 3. The number of methoxy groups -OCH3 is 2. The van der Waals surface area contributed by atoms with Crippen molar-refractivity contribution in [2.75, 3.05) is 19.5 Å². The summed E-state index contributed by atoms with van der Waals surface area (Å²) < 4.78 is 16.3. The number of hydrogen-bond acceptors (Lipinski definition) is 6. The predicted molar refractivity (Wildman–Crippen MR) is 131 cm³/mol. The summed E-state index contributed by atoms with van der Waals surface area (Å²) in [4.78, 5) is 24.0. The molecule has 0 aliphatic heterocycles. The van der Waals surface area contributed by atoms with Crippen molar-refractivity contribution in [3.05, 3.63) is 82.9 Å². The smallest absolute Gasteiger partial charge is 0.249 e. The van der Waals surface area contributed by atoms with Crippen LogP contribution in [0, 0.1) is 0 Å². The number of benzene rings is 3. The van der Waals surface area contributed by atoms with Gasteiger partial charge < -0.3 is 19.5 Å². The second kappa shape index (κ2) is 12.3. The highest BCUT2D eigenvalue weighted by molar-refractivity contribution is 6.31. The van der Waals surface area contributed by atoms with E-state index in [0.717, 1.165) is 5.56 Å². The fourth-order valence-corrected chi connectivity index (χ4v) is 3.09. The van der Waals surface area contributed by atoms with Crippen LogP contribution in [0.1, 0.15) is 17.5 Å². The normalized spacial score (nSPS) is 10.6. The molecule has 0 heterocycles. The number of nitrogens with zero attached hydrogens (tertiary/aromatic N) is 1. The lowest BCUT2D eigenvalue weighted by Gasteiger charge is -2.12. The van der Waals surface area contributed by atoms with Crippen LogP contribution in [0.2, 0.25) is 5.02 Å². The standard InChI is InChI=1S/C25H24ClN3O5/c1-32-20-10-8-19(9-11-20)28-24(30)14-25(31)29-27-15-17-7-12-22(23(13-17)33-2)34-16-18-5-3-4-6-21(18)26/h3-13,15H,14,16H2,1-2H3,(H,28,30)(H,29,31). The van der Waals surface area contributed by atoms with Gasteiger partial charge >= 0.3 is 0 Å². The molecule has 3 aromatic rings. The number of hydrogen-bond donors (Lipinski definition) is 2. The van der Waals surface area contributed by atoms with Gasteiger partial charge in [-0.15, -0.1) is 0 Å². The zero-order chi connectivity index (χ0) is 24.3. The van der Waals surface area contributed by atoms with Gasteiger partial charge in [0, 0.05) is 16.3 Å². The fourth-order valence-electron chi connectivity index (χ4n) is 2.90. The number of anilines is 1. The Bertz CT molecular complexity index is 1170. The largest absolute Gasteiger partial charge is 0.497 e. The van der Waals surface area contributed by atoms with Crippen LogP contribution in [0.5, 0.6) is 17.2 Å². The molecule has 2 N–H and O–H groups in total. The highest BCUT2D eigenvalue weighted by atomic mass is 35.5. The molecular weight excluding hydrogens is 458 g/mol. The van der Waals surface area contributed by atoms with Crippen LogP contribution in [0.25, 0.3) is 0 Å². The van der Waals surface area contributed by atoms with Gasteiger partial charge in [0.1, 0.15) is 18.8 Å². The lowest BCUT2D eigenvalue weighted by atomic mass is 10.2. The van der Waals surface area contributed by atoms with Gasteiger partial charge in [-0.05, 0) is 54.1 Å². The average molecular weight is 482 g/mol. The van der Waals surface area contributed by atoms with Gasteiger partial charge in [-0.2, -0.15) is 5.10 Å². The van der Waals surface area contributed by atoms with Crippen molar-refractivity contribution in [3.8, 4) is 17.2 Å². The first kappa shape index (κ1) is 24.6. The van der Waals surface area contributed by atoms with Crippen molar-refractivity contribution in [2.45, 2.75) is 13.0 Å². The maximum Gasteiger partial charge on any atom is 0.249 e. The molecule has 0 saturated heterocycles. The van der Waals surface area contributed by atoms with Gasteiger partial charge in [0.15, 0.2) is 11.5 Å². The Morgan fingerprint density at radius 2 is 1.71 bits per heavy atom. The lowest BCUT2D eigenvalue weighted by Crippen LogP contribution is -2.24. The SMILES string of the molecule is COc1ccc(NC(=O)CC(=O)NN=Cc2ccc(OCc3ccccc3Cl)c(OC)c2)cc1. The maximum absolute atomic E-state index is 12.0. The quantitative estimate of drug-likeness (QED) is 0.254. The molecule has 2 amide bonds. The molecule has 0 aliphatic carbocycles. The molecule has 0 radical (unpaired) electrons. The molecule has 9 heteroatoms. The monoisotopic (exact) mass is 481 g/mol. The van der Waals surface area contributed by atoms with E-state index in [-0.39, 0.29) is 13.0 Å². The molecule has 176 valence electrons. The van der Waals surface area contributed by atoms with Crippen molar-refractivity contribution >= 4 is 35.3 Å². The Labute approximate surface area is 202 Å². The second-order valence-corrected chi connectivity index (χ2v) is 7.44. The van der Waals surface area contributed by atoms with Crippen molar-refractivity contribution in [1.82, 2.24) is 5.43 Å². The van der Waals surface area contributed by atoms with Crippen molar-refractivity contribution in [1.29, 1.82) is 0 Å². The van der Waals surface area contributed by atoms with Gasteiger partial charge in [0.2, 0.25) is 11.8 Å². The molecule has 0 atom stereocenters. The zero-order valence-corrected chi connectivity index (χ0v) is 19.5. The lowest BCUT2D eigenvalue weighted by molar-refractivity contribution is -0.126. The van der Waals surface area contributed by atoms with Crippen molar-refractivity contribution in [3.63, 3.8) is 0 Å². The molecule has 3 aromatic carbocycles. The Morgan fingerprint density at radius 3 is 2.41 bits per heavy atom. The van der Waals surface area contributed by atoms with E-state index < -0.39 is 11.8 Å². The Morgan fingerprint density at radius 1 is 0.941 bits per heavy atom. The van der Waals surface area contributed by atoms with Crippen LogP contribution in [0.15, 0.2) is 71.8 Å². The van der Waals surface area contributed by atoms with E-state index in [1.165, 1.54) is 13.3 Å². The summed E-state index contributed by atoms with van der Waals surface area (Å²) >= 11 is 6.16. The topological polar surface area (TPSA) is 98.2 Å². The number of carbonyl (C=O) groups is 2. The first-order valence-electron chi connectivity index (χ1n) is 10.3. The van der Waals surface area contributed by atoms with E-state index >= 15 is 0 Å². The highest BCUT2D eigenvalue weighted by Gasteiger charge is 2.10. The molecular formula is C25H24ClN3O5. The molecule has 3 rings (SSSR count). The molecule has 0 aliphatic rings. The van der Waals surface area contributed by atoms with E-state index in [1.54, 1.807) is 55.6 Å². The minimum Gasteiger partial charge on any atom is -0.497 e. The van der Waals surface area contributed by atoms with Crippen LogP contribution in [0.4, 0.5) is 5.69 Å². The summed E-state index contributed by atoms with van der Waals surface area (Å²) in [5.74, 6) is 0.704. The Hall–Kier alpha value is -4.04. The maximum atomic E-state index is 12.0. The summed E-state index contributed by atoms with van der Waals surface area (Å²) in [5, 5.41) is 7.16. The summed E-state index contributed by atoms with van der Waals surface area (Å²) in [5.41, 5.74) is 4.42. The second-order valence-electron chi connectivity index (χ2n) is 7.04. The van der Waals surface area contributed by atoms with Crippen LogP contribution >= 0.6 is 11.6 Å². The van der Waals surface area contributed by atoms with E-state index in [0.29, 0.717) is 33.5 Å². The fraction of sp³-hybridized carbons (Fsp3) is 0.160. The Kier molecular flexibility index (Phi) is 8.88. The number of halogens is 1. The third-order valence-corrected chi connectivity index (χ3v) is 5.00. The molecule has 0 fully saturated rings. The van der Waals surface area contributed by atoms with Gasteiger partial charge in [-0.25, -0.2) is 5.43 Å².